The van der Waals surface area contributed by atoms with Crippen LogP contribution in [0.2, 0.25) is 0 Å². The first-order chi connectivity index (χ1) is 9.19. The van der Waals surface area contributed by atoms with Gasteiger partial charge in [-0.1, -0.05) is 12.1 Å². The summed E-state index contributed by atoms with van der Waals surface area (Å²) in [6.45, 7) is 6.26. The van der Waals surface area contributed by atoms with Gasteiger partial charge in [-0.3, -0.25) is 0 Å². The van der Waals surface area contributed by atoms with Gasteiger partial charge in [0.25, 0.3) is 0 Å². The van der Waals surface area contributed by atoms with Gasteiger partial charge in [-0.25, -0.2) is 0 Å². The number of halogens is 1. The van der Waals surface area contributed by atoms with Crippen molar-refractivity contribution in [1.29, 1.82) is 0 Å². The fourth-order valence-corrected chi connectivity index (χ4v) is 2.05. The van der Waals surface area contributed by atoms with E-state index in [2.05, 4.69) is 48.3 Å². The number of nitrogens with zero attached hydrogens (tertiary/aromatic N) is 3. The number of rotatable bonds is 5. The lowest BCUT2D eigenvalue weighted by Gasteiger charge is -2.09. The van der Waals surface area contributed by atoms with Crippen molar-refractivity contribution in [3.63, 3.8) is 0 Å². The van der Waals surface area contributed by atoms with Crippen LogP contribution in [0.4, 0.5) is 17.5 Å². The summed E-state index contributed by atoms with van der Waals surface area (Å²) in [6.07, 6.45) is 3.31. The minimum absolute atomic E-state index is 0.466. The molecule has 0 aliphatic heterocycles. The molecule has 0 saturated carbocycles. The van der Waals surface area contributed by atoms with E-state index in [1.165, 1.54) is 5.56 Å². The third-order valence-electron chi connectivity index (χ3n) is 2.35. The van der Waals surface area contributed by atoms with Gasteiger partial charge in [-0.05, 0) is 40.5 Å². The molecule has 0 atom stereocenters. The van der Waals surface area contributed by atoms with Gasteiger partial charge in [0.1, 0.15) is 0 Å². The average molecular weight is 320 g/mol. The van der Waals surface area contributed by atoms with Crippen LogP contribution >= 0.6 is 15.9 Å². The highest BCUT2D eigenvalue weighted by Gasteiger charge is 2.03. The molecule has 98 valence electrons. The number of aromatic nitrogens is 3. The minimum Gasteiger partial charge on any atom is -0.349 e. The van der Waals surface area contributed by atoms with E-state index in [-0.39, 0.29) is 0 Å². The van der Waals surface area contributed by atoms with E-state index < -0.39 is 0 Å². The van der Waals surface area contributed by atoms with Crippen LogP contribution in [-0.4, -0.2) is 21.7 Å². The Hall–Kier alpha value is -1.95. The maximum Gasteiger partial charge on any atom is 0.244 e. The molecule has 0 fully saturated rings. The summed E-state index contributed by atoms with van der Waals surface area (Å²) in [6, 6.07) is 6.05. The minimum atomic E-state index is 0.466. The van der Waals surface area contributed by atoms with Crippen LogP contribution in [-0.2, 0) is 0 Å². The lowest BCUT2D eigenvalue weighted by molar-refractivity contribution is 0.967. The molecule has 0 saturated heterocycles. The number of hydrogen-bond acceptors (Lipinski definition) is 5. The van der Waals surface area contributed by atoms with E-state index in [9.17, 15) is 0 Å². The van der Waals surface area contributed by atoms with Crippen LogP contribution in [0.3, 0.4) is 0 Å². The Morgan fingerprint density at radius 2 is 2.26 bits per heavy atom. The van der Waals surface area contributed by atoms with Crippen molar-refractivity contribution in [3.05, 3.63) is 47.1 Å². The molecule has 0 aliphatic carbocycles. The fraction of sp³-hybridized carbons (Fsp3) is 0.154. The highest BCUT2D eigenvalue weighted by Crippen LogP contribution is 2.25. The Balaban J connectivity index is 2.16. The molecular formula is C13H14BrN5. The van der Waals surface area contributed by atoms with Gasteiger partial charge >= 0.3 is 0 Å². The van der Waals surface area contributed by atoms with Gasteiger partial charge in [-0.2, -0.15) is 10.1 Å². The molecule has 1 aromatic carbocycles. The van der Waals surface area contributed by atoms with E-state index in [1.54, 1.807) is 12.3 Å². The second-order valence-electron chi connectivity index (χ2n) is 3.94. The Bertz CT molecular complexity index is 585. The van der Waals surface area contributed by atoms with Gasteiger partial charge in [0.2, 0.25) is 5.95 Å². The van der Waals surface area contributed by atoms with Crippen molar-refractivity contribution in [2.75, 3.05) is 17.2 Å². The molecule has 2 rings (SSSR count). The van der Waals surface area contributed by atoms with Gasteiger partial charge in [0.05, 0.1) is 11.9 Å². The van der Waals surface area contributed by atoms with Crippen LogP contribution in [0.15, 0.2) is 41.5 Å². The van der Waals surface area contributed by atoms with Crippen molar-refractivity contribution in [2.24, 2.45) is 0 Å². The van der Waals surface area contributed by atoms with E-state index in [4.69, 9.17) is 0 Å². The topological polar surface area (TPSA) is 62.7 Å². The lowest BCUT2D eigenvalue weighted by atomic mass is 10.2. The lowest BCUT2D eigenvalue weighted by Crippen LogP contribution is -2.06. The largest absolute Gasteiger partial charge is 0.349 e. The van der Waals surface area contributed by atoms with Crippen LogP contribution < -0.4 is 10.6 Å². The zero-order valence-corrected chi connectivity index (χ0v) is 12.1. The molecule has 0 radical (unpaired) electrons. The van der Waals surface area contributed by atoms with Crippen LogP contribution in [0.1, 0.15) is 5.56 Å². The average Bonchev–Trinajstić information content (AvgIpc) is 2.40. The standard InChI is InChI=1S/C13H14BrN5/c1-3-6-15-13-18-12(8-16-19-13)17-11-5-4-9(2)7-10(11)14/h3-5,7-8H,1,6H2,2H3,(H2,15,17,18,19). The summed E-state index contributed by atoms with van der Waals surface area (Å²) in [7, 11) is 0. The van der Waals surface area contributed by atoms with Crippen molar-refractivity contribution in [2.45, 2.75) is 6.92 Å². The van der Waals surface area contributed by atoms with Gasteiger partial charge in [-0.15, -0.1) is 11.7 Å². The maximum atomic E-state index is 4.30. The summed E-state index contributed by atoms with van der Waals surface area (Å²) in [5.74, 6) is 1.10. The molecule has 0 amide bonds. The number of hydrogen-bond donors (Lipinski definition) is 2. The van der Waals surface area contributed by atoms with Crippen molar-refractivity contribution in [1.82, 2.24) is 15.2 Å². The van der Waals surface area contributed by atoms with Crippen LogP contribution in [0.25, 0.3) is 0 Å². The normalized spacial score (nSPS) is 10.0. The maximum absolute atomic E-state index is 4.30. The Morgan fingerprint density at radius 3 is 3.00 bits per heavy atom. The van der Waals surface area contributed by atoms with Crippen molar-refractivity contribution < 1.29 is 0 Å². The first kappa shape index (κ1) is 13.5. The highest BCUT2D eigenvalue weighted by molar-refractivity contribution is 9.10. The van der Waals surface area contributed by atoms with Crippen LogP contribution in [0, 0.1) is 6.92 Å². The molecule has 1 aromatic heterocycles. The summed E-state index contributed by atoms with van der Waals surface area (Å²) in [5.41, 5.74) is 2.12. The molecular weight excluding hydrogens is 306 g/mol. The van der Waals surface area contributed by atoms with E-state index in [0.29, 0.717) is 18.3 Å². The Morgan fingerprint density at radius 1 is 1.42 bits per heavy atom. The molecule has 6 heteroatoms. The SMILES string of the molecule is C=CCNc1nncc(Nc2ccc(C)cc2Br)n1. The fourth-order valence-electron chi connectivity index (χ4n) is 1.46. The van der Waals surface area contributed by atoms with Gasteiger partial charge in [0.15, 0.2) is 5.82 Å². The second-order valence-corrected chi connectivity index (χ2v) is 4.80. The number of anilines is 3. The van der Waals surface area contributed by atoms with E-state index in [1.807, 2.05) is 25.1 Å². The summed E-state index contributed by atoms with van der Waals surface area (Å²) < 4.78 is 0.978. The smallest absolute Gasteiger partial charge is 0.244 e. The molecule has 1 heterocycles. The predicted octanol–water partition coefficient (Wildman–Crippen LogP) is 3.28. The first-order valence-corrected chi connectivity index (χ1v) is 6.56. The van der Waals surface area contributed by atoms with Crippen molar-refractivity contribution in [3.8, 4) is 0 Å². The molecule has 0 bridgehead atoms. The van der Waals surface area contributed by atoms with Gasteiger partial charge < -0.3 is 10.6 Å². The van der Waals surface area contributed by atoms with E-state index in [0.717, 1.165) is 10.2 Å². The predicted molar refractivity (Wildman–Crippen MR) is 80.7 cm³/mol. The number of nitrogens with one attached hydrogen (secondary N) is 2. The van der Waals surface area contributed by atoms with Crippen molar-refractivity contribution >= 4 is 33.4 Å². The third kappa shape index (κ3) is 3.75. The third-order valence-corrected chi connectivity index (χ3v) is 3.01. The monoisotopic (exact) mass is 319 g/mol. The summed E-state index contributed by atoms with van der Waals surface area (Å²) in [5, 5.41) is 14.0. The van der Waals surface area contributed by atoms with Crippen LogP contribution in [0.5, 0.6) is 0 Å². The quantitative estimate of drug-likeness (QED) is 0.828. The summed E-state index contributed by atoms with van der Waals surface area (Å²) >= 11 is 3.51. The molecule has 2 N–H and O–H groups in total. The zero-order chi connectivity index (χ0) is 13.7. The first-order valence-electron chi connectivity index (χ1n) is 5.76. The second kappa shape index (κ2) is 6.29. The molecule has 0 spiro atoms. The number of aryl methyl sites for hydroxylation is 1. The number of benzene rings is 1. The van der Waals surface area contributed by atoms with E-state index >= 15 is 0 Å². The Kier molecular flexibility index (Phi) is 4.46. The molecule has 0 aliphatic rings. The Labute approximate surface area is 120 Å². The summed E-state index contributed by atoms with van der Waals surface area (Å²) in [4.78, 5) is 4.30. The zero-order valence-electron chi connectivity index (χ0n) is 10.5. The molecule has 19 heavy (non-hydrogen) atoms. The van der Waals surface area contributed by atoms with Gasteiger partial charge in [0, 0.05) is 11.0 Å². The molecule has 0 unspecified atom stereocenters. The highest BCUT2D eigenvalue weighted by atomic mass is 79.9. The molecule has 5 nitrogen and oxygen atoms in total. The molecule has 2 aromatic rings.